The molecule has 3 N–H and O–H groups in total. The second-order valence-electron chi connectivity index (χ2n) is 4.87. The molecule has 0 aliphatic rings. The van der Waals surface area contributed by atoms with E-state index in [1.807, 2.05) is 42.3 Å². The molecule has 0 amide bonds. The van der Waals surface area contributed by atoms with Gasteiger partial charge in [-0.25, -0.2) is 0 Å². The van der Waals surface area contributed by atoms with Crippen LogP contribution in [0.25, 0.3) is 0 Å². The maximum atomic E-state index is 7.39. The Morgan fingerprint density at radius 2 is 2.05 bits per heavy atom. The monoisotopic (exact) mass is 271 g/mol. The molecule has 5 nitrogen and oxygen atoms in total. The van der Waals surface area contributed by atoms with E-state index in [9.17, 15) is 0 Å². The lowest BCUT2D eigenvalue weighted by molar-refractivity contribution is 0.763. The molecule has 2 rings (SSSR count). The van der Waals surface area contributed by atoms with Crippen molar-refractivity contribution < 1.29 is 0 Å². The summed E-state index contributed by atoms with van der Waals surface area (Å²) in [6, 6.07) is 10.2. The number of aromatic nitrogens is 2. The Morgan fingerprint density at radius 3 is 2.65 bits per heavy atom. The Hall–Kier alpha value is -2.30. The first-order valence-electron chi connectivity index (χ1n) is 6.75. The normalized spacial score (nSPS) is 10.4. The smallest absolute Gasteiger partial charge is 0.0923 e. The van der Waals surface area contributed by atoms with Crippen LogP contribution in [-0.2, 0) is 13.5 Å². The van der Waals surface area contributed by atoms with Gasteiger partial charge in [0.15, 0.2) is 0 Å². The molecule has 1 heterocycles. The number of nitrogens with zero attached hydrogens (tertiary/aromatic N) is 3. The highest BCUT2D eigenvalue weighted by Gasteiger charge is 2.07. The Labute approximate surface area is 119 Å². The molecule has 0 saturated carbocycles. The second kappa shape index (κ2) is 6.75. The van der Waals surface area contributed by atoms with Gasteiger partial charge in [-0.2, -0.15) is 5.10 Å². The minimum atomic E-state index is 0.229. The summed E-state index contributed by atoms with van der Waals surface area (Å²) >= 11 is 0. The van der Waals surface area contributed by atoms with Crippen LogP contribution in [0.2, 0.25) is 0 Å². The van der Waals surface area contributed by atoms with Crippen LogP contribution in [0.5, 0.6) is 0 Å². The molecular weight excluding hydrogens is 250 g/mol. The van der Waals surface area contributed by atoms with Gasteiger partial charge in [-0.3, -0.25) is 10.1 Å². The Balaban J connectivity index is 2.00. The zero-order chi connectivity index (χ0) is 14.4. The number of benzene rings is 1. The fourth-order valence-electron chi connectivity index (χ4n) is 2.13. The third-order valence-corrected chi connectivity index (χ3v) is 3.20. The van der Waals surface area contributed by atoms with E-state index in [-0.39, 0.29) is 5.84 Å². The average molecular weight is 271 g/mol. The van der Waals surface area contributed by atoms with E-state index in [2.05, 4.69) is 22.1 Å². The largest absolute Gasteiger partial charge is 0.388 e. The summed E-state index contributed by atoms with van der Waals surface area (Å²) in [4.78, 5) is 2.26. The molecule has 0 spiro atoms. The summed E-state index contributed by atoms with van der Waals surface area (Å²) in [7, 11) is 1.92. The van der Waals surface area contributed by atoms with Crippen molar-refractivity contribution in [1.29, 1.82) is 5.41 Å². The fraction of sp³-hybridized carbons (Fsp3) is 0.333. The highest BCUT2D eigenvalue weighted by atomic mass is 15.2. The van der Waals surface area contributed by atoms with E-state index in [4.69, 9.17) is 11.1 Å². The van der Waals surface area contributed by atoms with Gasteiger partial charge in [-0.15, -0.1) is 0 Å². The van der Waals surface area contributed by atoms with Crippen molar-refractivity contribution >= 4 is 11.5 Å². The molecule has 0 unspecified atom stereocenters. The first kappa shape index (κ1) is 14.1. The third kappa shape index (κ3) is 4.12. The predicted molar refractivity (Wildman–Crippen MR) is 82.1 cm³/mol. The van der Waals surface area contributed by atoms with Gasteiger partial charge in [-0.05, 0) is 24.1 Å². The van der Waals surface area contributed by atoms with Crippen LogP contribution in [0.15, 0.2) is 42.7 Å². The summed E-state index contributed by atoms with van der Waals surface area (Å²) in [5, 5.41) is 11.6. The number of anilines is 1. The van der Waals surface area contributed by atoms with E-state index in [1.165, 1.54) is 5.56 Å². The maximum absolute atomic E-state index is 7.39. The van der Waals surface area contributed by atoms with Gasteiger partial charge in [0, 0.05) is 38.4 Å². The first-order chi connectivity index (χ1) is 9.65. The van der Waals surface area contributed by atoms with Crippen molar-refractivity contribution in [3.05, 3.63) is 48.3 Å². The van der Waals surface area contributed by atoms with Crippen LogP contribution >= 0.6 is 0 Å². The van der Waals surface area contributed by atoms with E-state index in [1.54, 1.807) is 0 Å². The Kier molecular flexibility index (Phi) is 4.76. The summed E-state index contributed by atoms with van der Waals surface area (Å²) in [6.07, 6.45) is 5.45. The summed E-state index contributed by atoms with van der Waals surface area (Å²) in [5.41, 5.74) is 7.86. The molecule has 5 heteroatoms. The minimum absolute atomic E-state index is 0.229. The molecule has 20 heavy (non-hydrogen) atoms. The number of nitrogens with two attached hydrogens (primary N) is 1. The number of rotatable bonds is 7. The summed E-state index contributed by atoms with van der Waals surface area (Å²) in [5.74, 6) is 0.229. The highest BCUT2D eigenvalue weighted by Crippen LogP contribution is 2.14. The lowest BCUT2D eigenvalue weighted by Gasteiger charge is -2.24. The minimum Gasteiger partial charge on any atom is -0.388 e. The number of nitrogens with one attached hydrogen (secondary N) is 1. The van der Waals surface area contributed by atoms with Gasteiger partial charge >= 0.3 is 0 Å². The van der Waals surface area contributed by atoms with Gasteiger partial charge in [-0.1, -0.05) is 18.2 Å². The molecule has 0 atom stereocenters. The van der Waals surface area contributed by atoms with Crippen LogP contribution in [0.1, 0.15) is 12.0 Å². The molecule has 0 saturated heterocycles. The van der Waals surface area contributed by atoms with E-state index in [0.29, 0.717) is 6.42 Å². The Morgan fingerprint density at radius 1 is 1.30 bits per heavy atom. The van der Waals surface area contributed by atoms with Gasteiger partial charge in [0.25, 0.3) is 0 Å². The summed E-state index contributed by atoms with van der Waals surface area (Å²) < 4.78 is 1.82. The molecule has 1 aromatic carbocycles. The Bertz CT molecular complexity index is 546. The molecule has 0 fully saturated rings. The molecule has 1 aromatic heterocycles. The number of aryl methyl sites for hydroxylation is 1. The lowest BCUT2D eigenvalue weighted by atomic mass is 10.2. The van der Waals surface area contributed by atoms with Crippen LogP contribution in [0.4, 0.5) is 5.69 Å². The van der Waals surface area contributed by atoms with Crippen molar-refractivity contribution in [3.8, 4) is 0 Å². The molecule has 0 aliphatic heterocycles. The first-order valence-corrected chi connectivity index (χ1v) is 6.75. The fourth-order valence-corrected chi connectivity index (χ4v) is 2.13. The average Bonchev–Trinajstić information content (AvgIpc) is 2.85. The second-order valence-corrected chi connectivity index (χ2v) is 4.87. The van der Waals surface area contributed by atoms with Crippen LogP contribution in [0, 0.1) is 5.41 Å². The SMILES string of the molecule is Cn1cc(CCN(CCC(=N)N)c2ccccc2)cn1. The lowest BCUT2D eigenvalue weighted by Crippen LogP contribution is -2.29. The zero-order valence-electron chi connectivity index (χ0n) is 11.8. The molecule has 0 radical (unpaired) electrons. The van der Waals surface area contributed by atoms with Crippen molar-refractivity contribution in [3.63, 3.8) is 0 Å². The van der Waals surface area contributed by atoms with E-state index >= 15 is 0 Å². The van der Waals surface area contributed by atoms with Crippen LogP contribution in [-0.4, -0.2) is 28.7 Å². The van der Waals surface area contributed by atoms with E-state index < -0.39 is 0 Å². The van der Waals surface area contributed by atoms with Crippen molar-refractivity contribution in [2.45, 2.75) is 12.8 Å². The molecule has 0 aliphatic carbocycles. The van der Waals surface area contributed by atoms with Gasteiger partial charge in [0.05, 0.1) is 12.0 Å². The molecule has 106 valence electrons. The van der Waals surface area contributed by atoms with Gasteiger partial charge in [0.2, 0.25) is 0 Å². The molecular formula is C15H21N5. The van der Waals surface area contributed by atoms with E-state index in [0.717, 1.165) is 25.2 Å². The standard InChI is InChI=1S/C15H21N5/c1-19-12-13(11-18-19)7-9-20(10-8-15(16)17)14-5-3-2-4-6-14/h2-6,11-12H,7-10H2,1H3,(H3,16,17). The maximum Gasteiger partial charge on any atom is 0.0923 e. The number of para-hydroxylation sites is 1. The molecule has 2 aromatic rings. The van der Waals surface area contributed by atoms with Gasteiger partial charge in [0.1, 0.15) is 0 Å². The third-order valence-electron chi connectivity index (χ3n) is 3.20. The highest BCUT2D eigenvalue weighted by molar-refractivity contribution is 5.77. The number of amidine groups is 1. The van der Waals surface area contributed by atoms with Crippen LogP contribution in [0.3, 0.4) is 0 Å². The quantitative estimate of drug-likeness (QED) is 0.596. The topological polar surface area (TPSA) is 70.9 Å². The van der Waals surface area contributed by atoms with Gasteiger partial charge < -0.3 is 10.6 Å². The zero-order valence-corrected chi connectivity index (χ0v) is 11.8. The van der Waals surface area contributed by atoms with Crippen molar-refractivity contribution in [1.82, 2.24) is 9.78 Å². The van der Waals surface area contributed by atoms with Crippen molar-refractivity contribution in [2.24, 2.45) is 12.8 Å². The number of hydrogen-bond donors (Lipinski definition) is 2. The molecule has 0 bridgehead atoms. The predicted octanol–water partition coefficient (Wildman–Crippen LogP) is 1.80. The van der Waals surface area contributed by atoms with Crippen LogP contribution < -0.4 is 10.6 Å². The van der Waals surface area contributed by atoms with Crippen molar-refractivity contribution in [2.75, 3.05) is 18.0 Å². The summed E-state index contributed by atoms with van der Waals surface area (Å²) in [6.45, 7) is 1.66. The number of hydrogen-bond acceptors (Lipinski definition) is 3.